The van der Waals surface area contributed by atoms with Crippen molar-refractivity contribution in [1.82, 2.24) is 4.90 Å². The number of rotatable bonds is 1. The molecule has 132 valence electrons. The highest BCUT2D eigenvalue weighted by Crippen LogP contribution is 2.34. The Morgan fingerprint density at radius 1 is 1.08 bits per heavy atom. The number of carbonyl (C=O) groups excluding carboxylic acids is 3. The van der Waals surface area contributed by atoms with Crippen molar-refractivity contribution in [2.24, 2.45) is 0 Å². The predicted octanol–water partition coefficient (Wildman–Crippen LogP) is 3.79. The van der Waals surface area contributed by atoms with Crippen molar-refractivity contribution in [3.05, 3.63) is 63.6 Å². The SMILES string of the molecule is O=C(c1cc(Cl)ccc1Cl)N1C(=O)[C@H]2CCCN2C(=O)c2ccccc21. The van der Waals surface area contributed by atoms with Crippen molar-refractivity contribution in [3.63, 3.8) is 0 Å². The fraction of sp³-hybridized carbons (Fsp3) is 0.211. The van der Waals surface area contributed by atoms with Gasteiger partial charge in [-0.15, -0.1) is 0 Å². The number of benzene rings is 2. The van der Waals surface area contributed by atoms with E-state index in [1.165, 1.54) is 12.1 Å². The smallest absolute Gasteiger partial charge is 0.266 e. The van der Waals surface area contributed by atoms with Crippen molar-refractivity contribution < 1.29 is 14.4 Å². The molecule has 3 amide bonds. The van der Waals surface area contributed by atoms with Crippen LogP contribution in [0.3, 0.4) is 0 Å². The van der Waals surface area contributed by atoms with E-state index >= 15 is 0 Å². The third-order valence-corrected chi connectivity index (χ3v) is 5.32. The Balaban J connectivity index is 1.89. The molecule has 5 nitrogen and oxygen atoms in total. The van der Waals surface area contributed by atoms with Gasteiger partial charge in [-0.3, -0.25) is 14.4 Å². The molecule has 0 saturated carbocycles. The average Bonchev–Trinajstić information content (AvgIpc) is 3.10. The van der Waals surface area contributed by atoms with Gasteiger partial charge >= 0.3 is 0 Å². The molecule has 0 radical (unpaired) electrons. The van der Waals surface area contributed by atoms with Gasteiger partial charge in [-0.05, 0) is 43.2 Å². The first kappa shape index (κ1) is 17.1. The lowest BCUT2D eigenvalue weighted by atomic mass is 10.1. The largest absolute Gasteiger partial charge is 0.327 e. The third kappa shape index (κ3) is 2.59. The van der Waals surface area contributed by atoms with Crippen LogP contribution < -0.4 is 4.90 Å². The Hall–Kier alpha value is -2.37. The Morgan fingerprint density at radius 2 is 1.85 bits per heavy atom. The summed E-state index contributed by atoms with van der Waals surface area (Å²) >= 11 is 12.2. The van der Waals surface area contributed by atoms with E-state index in [1.54, 1.807) is 35.2 Å². The fourth-order valence-corrected chi connectivity index (χ4v) is 3.90. The molecule has 2 aliphatic rings. The van der Waals surface area contributed by atoms with E-state index in [0.29, 0.717) is 23.6 Å². The maximum atomic E-state index is 13.2. The lowest BCUT2D eigenvalue weighted by molar-refractivity contribution is -0.121. The summed E-state index contributed by atoms with van der Waals surface area (Å²) in [6, 6.07) is 10.5. The van der Waals surface area contributed by atoms with Gasteiger partial charge in [-0.2, -0.15) is 0 Å². The Kier molecular flexibility index (Phi) is 4.21. The lowest BCUT2D eigenvalue weighted by Gasteiger charge is -2.24. The van der Waals surface area contributed by atoms with Crippen molar-refractivity contribution in [1.29, 1.82) is 0 Å². The lowest BCUT2D eigenvalue weighted by Crippen LogP contribution is -2.47. The van der Waals surface area contributed by atoms with Crippen LogP contribution in [0, 0.1) is 0 Å². The molecule has 1 atom stereocenters. The summed E-state index contributed by atoms with van der Waals surface area (Å²) in [5.74, 6) is -1.23. The quantitative estimate of drug-likeness (QED) is 0.698. The maximum absolute atomic E-state index is 13.2. The van der Waals surface area contributed by atoms with Gasteiger partial charge in [0, 0.05) is 11.6 Å². The van der Waals surface area contributed by atoms with E-state index in [1.807, 2.05) is 0 Å². The summed E-state index contributed by atoms with van der Waals surface area (Å²) in [6.45, 7) is 0.503. The highest BCUT2D eigenvalue weighted by Gasteiger charge is 2.44. The zero-order chi connectivity index (χ0) is 18.4. The Morgan fingerprint density at radius 3 is 2.65 bits per heavy atom. The highest BCUT2D eigenvalue weighted by atomic mass is 35.5. The number of imide groups is 1. The van der Waals surface area contributed by atoms with Crippen LogP contribution >= 0.6 is 23.2 Å². The van der Waals surface area contributed by atoms with Crippen LogP contribution in [0.5, 0.6) is 0 Å². The summed E-state index contributed by atoms with van der Waals surface area (Å²) in [4.78, 5) is 41.9. The van der Waals surface area contributed by atoms with Gasteiger partial charge in [0.05, 0.1) is 21.8 Å². The number of hydrogen-bond acceptors (Lipinski definition) is 3. The number of halogens is 2. The van der Waals surface area contributed by atoms with Gasteiger partial charge in [0.1, 0.15) is 6.04 Å². The van der Waals surface area contributed by atoms with Gasteiger partial charge in [0.25, 0.3) is 17.7 Å². The summed E-state index contributed by atoms with van der Waals surface area (Å²) in [7, 11) is 0. The fourth-order valence-electron chi connectivity index (χ4n) is 3.53. The molecule has 2 heterocycles. The summed E-state index contributed by atoms with van der Waals surface area (Å²) < 4.78 is 0. The zero-order valence-electron chi connectivity index (χ0n) is 13.6. The minimum absolute atomic E-state index is 0.126. The number of carbonyl (C=O) groups is 3. The third-order valence-electron chi connectivity index (χ3n) is 4.76. The van der Waals surface area contributed by atoms with E-state index in [4.69, 9.17) is 23.2 Å². The topological polar surface area (TPSA) is 57.7 Å². The predicted molar refractivity (Wildman–Crippen MR) is 98.8 cm³/mol. The summed E-state index contributed by atoms with van der Waals surface area (Å²) in [6.07, 6.45) is 1.26. The molecule has 2 aromatic carbocycles. The monoisotopic (exact) mass is 388 g/mol. The first-order chi connectivity index (χ1) is 12.5. The van der Waals surface area contributed by atoms with Gasteiger partial charge in [-0.25, -0.2) is 4.90 Å². The number of anilines is 1. The van der Waals surface area contributed by atoms with Gasteiger partial charge in [-0.1, -0.05) is 35.3 Å². The summed E-state index contributed by atoms with van der Waals surface area (Å²) in [5.41, 5.74) is 0.732. The number of para-hydroxylation sites is 1. The maximum Gasteiger partial charge on any atom is 0.266 e. The molecule has 4 rings (SSSR count). The molecule has 0 spiro atoms. The molecule has 1 fully saturated rings. The molecule has 26 heavy (non-hydrogen) atoms. The minimum Gasteiger partial charge on any atom is -0.327 e. The van der Waals surface area contributed by atoms with E-state index < -0.39 is 17.9 Å². The molecule has 0 aromatic heterocycles. The number of hydrogen-bond donors (Lipinski definition) is 0. The van der Waals surface area contributed by atoms with Gasteiger partial charge in [0.2, 0.25) is 0 Å². The normalized spacial score (nSPS) is 19.2. The highest BCUT2D eigenvalue weighted by molar-refractivity contribution is 6.38. The van der Waals surface area contributed by atoms with Gasteiger partial charge in [0.15, 0.2) is 0 Å². The number of amides is 3. The average molecular weight is 389 g/mol. The second-order valence-corrected chi connectivity index (χ2v) is 7.12. The van der Waals surface area contributed by atoms with Crippen LogP contribution in [0.2, 0.25) is 10.0 Å². The van der Waals surface area contributed by atoms with Crippen LogP contribution in [0.25, 0.3) is 0 Å². The van der Waals surface area contributed by atoms with E-state index in [0.717, 1.165) is 11.3 Å². The van der Waals surface area contributed by atoms with Crippen LogP contribution in [-0.2, 0) is 4.79 Å². The molecule has 7 heteroatoms. The Bertz CT molecular complexity index is 944. The standard InChI is InChI=1S/C19H14Cl2N2O3/c20-11-7-8-14(21)13(10-11)18(25)23-15-5-2-1-4-12(15)17(24)22-9-3-6-16(22)19(23)26/h1-2,4-5,7-8,10,16H,3,6,9H2/t16-/m1/s1. The van der Waals surface area contributed by atoms with Crippen LogP contribution in [-0.4, -0.2) is 35.2 Å². The molecule has 0 bridgehead atoms. The molecule has 1 saturated heterocycles. The number of fused-ring (bicyclic) bond motifs is 2. The van der Waals surface area contributed by atoms with Crippen molar-refractivity contribution in [2.75, 3.05) is 11.4 Å². The molecular weight excluding hydrogens is 375 g/mol. The Labute approximate surface area is 160 Å². The molecular formula is C19H14Cl2N2O3. The molecule has 2 aliphatic heterocycles. The first-order valence-electron chi connectivity index (χ1n) is 8.22. The van der Waals surface area contributed by atoms with Crippen LogP contribution in [0.15, 0.2) is 42.5 Å². The number of nitrogens with zero attached hydrogens (tertiary/aromatic N) is 2. The van der Waals surface area contributed by atoms with E-state index in [9.17, 15) is 14.4 Å². The second-order valence-electron chi connectivity index (χ2n) is 6.28. The van der Waals surface area contributed by atoms with Crippen LogP contribution in [0.4, 0.5) is 5.69 Å². The van der Waals surface area contributed by atoms with E-state index in [2.05, 4.69) is 0 Å². The molecule has 0 aliphatic carbocycles. The molecule has 0 unspecified atom stereocenters. The van der Waals surface area contributed by atoms with Crippen molar-refractivity contribution in [2.45, 2.75) is 18.9 Å². The first-order valence-corrected chi connectivity index (χ1v) is 8.98. The molecule has 2 aromatic rings. The minimum atomic E-state index is -0.642. The van der Waals surface area contributed by atoms with Gasteiger partial charge < -0.3 is 4.90 Å². The zero-order valence-corrected chi connectivity index (χ0v) is 15.1. The van der Waals surface area contributed by atoms with Crippen LogP contribution in [0.1, 0.15) is 33.6 Å². The second kappa shape index (κ2) is 6.41. The summed E-state index contributed by atoms with van der Waals surface area (Å²) in [5, 5.41) is 0.537. The van der Waals surface area contributed by atoms with Crippen molar-refractivity contribution in [3.8, 4) is 0 Å². The molecule has 0 N–H and O–H groups in total. The van der Waals surface area contributed by atoms with Crippen molar-refractivity contribution >= 4 is 46.6 Å². The van der Waals surface area contributed by atoms with E-state index in [-0.39, 0.29) is 22.2 Å².